The molecule has 0 saturated heterocycles. The van der Waals surface area contributed by atoms with Crippen molar-refractivity contribution in [1.82, 2.24) is 0 Å². The quantitative estimate of drug-likeness (QED) is 0.740. The number of amides is 2. The standard InChI is InChI=1S/C18H13FN2O2S/c19-12-5-3-6-13(11-12)20-17(22)14-7-1-2-8-15(14)21-18(23)16-9-4-10-24-16/h1-11H,(H,20,22)(H,21,23). The van der Waals surface area contributed by atoms with Gasteiger partial charge in [0, 0.05) is 5.69 Å². The fourth-order valence-corrected chi connectivity index (χ4v) is 2.77. The molecule has 0 bridgehead atoms. The van der Waals surface area contributed by atoms with Crippen molar-refractivity contribution in [3.05, 3.63) is 82.3 Å². The van der Waals surface area contributed by atoms with Gasteiger partial charge in [-0.2, -0.15) is 0 Å². The molecule has 0 aliphatic rings. The molecule has 24 heavy (non-hydrogen) atoms. The number of benzene rings is 2. The highest BCUT2D eigenvalue weighted by molar-refractivity contribution is 7.12. The maximum Gasteiger partial charge on any atom is 0.265 e. The molecule has 2 amide bonds. The SMILES string of the molecule is O=C(Nc1ccccc1C(=O)Nc1cccc(F)c1)c1cccs1. The Balaban J connectivity index is 1.80. The average Bonchev–Trinajstić information content (AvgIpc) is 3.10. The van der Waals surface area contributed by atoms with Gasteiger partial charge in [0.05, 0.1) is 16.1 Å². The molecule has 0 aliphatic carbocycles. The van der Waals surface area contributed by atoms with Gasteiger partial charge in [-0.3, -0.25) is 9.59 Å². The summed E-state index contributed by atoms with van der Waals surface area (Å²) in [6.07, 6.45) is 0. The molecule has 2 aromatic carbocycles. The second kappa shape index (κ2) is 7.06. The molecular formula is C18H13FN2O2S. The summed E-state index contributed by atoms with van der Waals surface area (Å²) in [5.41, 5.74) is 1.04. The number of hydrogen-bond acceptors (Lipinski definition) is 3. The average molecular weight is 340 g/mol. The number of thiophene rings is 1. The molecule has 120 valence electrons. The van der Waals surface area contributed by atoms with Crippen LogP contribution in [0.3, 0.4) is 0 Å². The molecule has 0 fully saturated rings. The van der Waals surface area contributed by atoms with Gasteiger partial charge < -0.3 is 10.6 Å². The lowest BCUT2D eigenvalue weighted by molar-refractivity contribution is 0.102. The molecule has 0 aliphatic heterocycles. The van der Waals surface area contributed by atoms with E-state index in [0.29, 0.717) is 21.8 Å². The Bertz CT molecular complexity index is 878. The van der Waals surface area contributed by atoms with Gasteiger partial charge in [-0.25, -0.2) is 4.39 Å². The van der Waals surface area contributed by atoms with Gasteiger partial charge in [0.1, 0.15) is 5.82 Å². The number of nitrogens with one attached hydrogen (secondary N) is 2. The molecule has 1 aromatic heterocycles. The van der Waals surface area contributed by atoms with Crippen molar-refractivity contribution in [1.29, 1.82) is 0 Å². The number of hydrogen-bond donors (Lipinski definition) is 2. The molecule has 0 saturated carbocycles. The van der Waals surface area contributed by atoms with Gasteiger partial charge in [0.2, 0.25) is 0 Å². The number of halogens is 1. The number of anilines is 2. The van der Waals surface area contributed by atoms with Gasteiger partial charge in [-0.15, -0.1) is 11.3 Å². The largest absolute Gasteiger partial charge is 0.322 e. The van der Waals surface area contributed by atoms with E-state index < -0.39 is 11.7 Å². The van der Waals surface area contributed by atoms with Crippen LogP contribution in [0.25, 0.3) is 0 Å². The third kappa shape index (κ3) is 3.67. The highest BCUT2D eigenvalue weighted by atomic mass is 32.1. The molecule has 0 atom stereocenters. The van der Waals surface area contributed by atoms with Gasteiger partial charge in [-0.1, -0.05) is 24.3 Å². The summed E-state index contributed by atoms with van der Waals surface area (Å²) in [6, 6.07) is 15.8. The first kappa shape index (κ1) is 15.9. The van der Waals surface area contributed by atoms with Crippen LogP contribution in [0.1, 0.15) is 20.0 Å². The van der Waals surface area contributed by atoms with Crippen LogP contribution in [-0.4, -0.2) is 11.8 Å². The molecule has 3 aromatic rings. The summed E-state index contributed by atoms with van der Waals surface area (Å²) in [4.78, 5) is 25.2. The maximum absolute atomic E-state index is 13.2. The Kier molecular flexibility index (Phi) is 4.67. The molecule has 4 nitrogen and oxygen atoms in total. The van der Waals surface area contributed by atoms with Crippen LogP contribution in [0.5, 0.6) is 0 Å². The minimum absolute atomic E-state index is 0.281. The van der Waals surface area contributed by atoms with Gasteiger partial charge >= 0.3 is 0 Å². The third-order valence-corrected chi connectivity index (χ3v) is 4.12. The Labute approximate surface area is 142 Å². The van der Waals surface area contributed by atoms with Crippen molar-refractivity contribution < 1.29 is 14.0 Å². The topological polar surface area (TPSA) is 58.2 Å². The van der Waals surface area contributed by atoms with E-state index in [9.17, 15) is 14.0 Å². The van der Waals surface area contributed by atoms with Crippen molar-refractivity contribution in [2.75, 3.05) is 10.6 Å². The zero-order chi connectivity index (χ0) is 16.9. The summed E-state index contributed by atoms with van der Waals surface area (Å²) >= 11 is 1.31. The fraction of sp³-hybridized carbons (Fsp3) is 0. The number of rotatable bonds is 4. The highest BCUT2D eigenvalue weighted by Crippen LogP contribution is 2.20. The highest BCUT2D eigenvalue weighted by Gasteiger charge is 2.14. The van der Waals surface area contributed by atoms with Crippen LogP contribution in [0.4, 0.5) is 15.8 Å². The smallest absolute Gasteiger partial charge is 0.265 e. The molecule has 0 spiro atoms. The predicted molar refractivity (Wildman–Crippen MR) is 93.1 cm³/mol. The van der Waals surface area contributed by atoms with E-state index >= 15 is 0 Å². The van der Waals surface area contributed by atoms with E-state index in [4.69, 9.17) is 0 Å². The first-order valence-electron chi connectivity index (χ1n) is 7.14. The summed E-state index contributed by atoms with van der Waals surface area (Å²) in [5.74, 6) is -1.15. The third-order valence-electron chi connectivity index (χ3n) is 3.25. The number of carbonyl (C=O) groups is 2. The van der Waals surface area contributed by atoms with Crippen molar-refractivity contribution in [3.8, 4) is 0 Å². The summed E-state index contributed by atoms with van der Waals surface area (Å²) in [6.45, 7) is 0. The summed E-state index contributed by atoms with van der Waals surface area (Å²) in [5, 5.41) is 7.15. The van der Waals surface area contributed by atoms with Crippen molar-refractivity contribution >= 4 is 34.5 Å². The molecule has 0 unspecified atom stereocenters. The fourth-order valence-electron chi connectivity index (χ4n) is 2.15. The zero-order valence-corrected chi connectivity index (χ0v) is 13.3. The van der Waals surface area contributed by atoms with Crippen LogP contribution in [0.15, 0.2) is 66.0 Å². The van der Waals surface area contributed by atoms with Crippen molar-refractivity contribution in [3.63, 3.8) is 0 Å². The Morgan fingerprint density at radius 1 is 0.875 bits per heavy atom. The first-order valence-corrected chi connectivity index (χ1v) is 8.02. The number of para-hydroxylation sites is 1. The minimum atomic E-state index is -0.438. The molecule has 3 rings (SSSR count). The van der Waals surface area contributed by atoms with Crippen LogP contribution >= 0.6 is 11.3 Å². The van der Waals surface area contributed by atoms with E-state index in [1.807, 2.05) is 0 Å². The molecule has 0 radical (unpaired) electrons. The minimum Gasteiger partial charge on any atom is -0.322 e. The normalized spacial score (nSPS) is 10.2. The molecule has 2 N–H and O–H groups in total. The summed E-state index contributed by atoms with van der Waals surface area (Å²) < 4.78 is 13.2. The maximum atomic E-state index is 13.2. The Morgan fingerprint density at radius 3 is 2.46 bits per heavy atom. The van der Waals surface area contributed by atoms with Crippen molar-refractivity contribution in [2.45, 2.75) is 0 Å². The zero-order valence-electron chi connectivity index (χ0n) is 12.5. The lowest BCUT2D eigenvalue weighted by Gasteiger charge is -2.11. The van der Waals surface area contributed by atoms with Crippen LogP contribution < -0.4 is 10.6 Å². The molecular weight excluding hydrogens is 327 g/mol. The van der Waals surface area contributed by atoms with Crippen LogP contribution in [-0.2, 0) is 0 Å². The number of carbonyl (C=O) groups excluding carboxylic acids is 2. The summed E-state index contributed by atoms with van der Waals surface area (Å²) in [7, 11) is 0. The van der Waals surface area contributed by atoms with E-state index in [2.05, 4.69) is 10.6 Å². The van der Waals surface area contributed by atoms with E-state index in [0.717, 1.165) is 0 Å². The van der Waals surface area contributed by atoms with E-state index in [1.54, 1.807) is 47.8 Å². The van der Waals surface area contributed by atoms with Gasteiger partial charge in [0.15, 0.2) is 0 Å². The monoisotopic (exact) mass is 340 g/mol. The van der Waals surface area contributed by atoms with E-state index in [1.165, 1.54) is 29.5 Å². The first-order chi connectivity index (χ1) is 11.6. The van der Waals surface area contributed by atoms with Crippen LogP contribution in [0, 0.1) is 5.82 Å². The van der Waals surface area contributed by atoms with Crippen molar-refractivity contribution in [2.24, 2.45) is 0 Å². The van der Waals surface area contributed by atoms with Crippen LogP contribution in [0.2, 0.25) is 0 Å². The van der Waals surface area contributed by atoms with Gasteiger partial charge in [-0.05, 0) is 41.8 Å². The lowest BCUT2D eigenvalue weighted by Crippen LogP contribution is -2.17. The predicted octanol–water partition coefficient (Wildman–Crippen LogP) is 4.39. The second-order valence-electron chi connectivity index (χ2n) is 4.94. The Hall–Kier alpha value is -2.99. The van der Waals surface area contributed by atoms with Gasteiger partial charge in [0.25, 0.3) is 11.8 Å². The lowest BCUT2D eigenvalue weighted by atomic mass is 10.1. The Morgan fingerprint density at radius 2 is 1.71 bits per heavy atom. The molecule has 1 heterocycles. The molecule has 6 heteroatoms. The second-order valence-corrected chi connectivity index (χ2v) is 5.89. The van der Waals surface area contributed by atoms with E-state index in [-0.39, 0.29) is 5.91 Å².